The molecular formula is C10H10FNO. The van der Waals surface area contributed by atoms with Crippen LogP contribution in [0.5, 0.6) is 0 Å². The number of methoxy groups -OCH3 is 1. The second kappa shape index (κ2) is 2.92. The highest BCUT2D eigenvalue weighted by Crippen LogP contribution is 2.15. The Kier molecular flexibility index (Phi) is 1.88. The maximum Gasteiger partial charge on any atom is 0.248 e. The molecule has 1 atom stereocenters. The lowest BCUT2D eigenvalue weighted by atomic mass is 10.1. The molecule has 0 fully saturated rings. The van der Waals surface area contributed by atoms with Crippen LogP contribution in [0.25, 0.3) is 6.08 Å². The smallest absolute Gasteiger partial charge is 0.248 e. The Balaban J connectivity index is 2.62. The molecule has 1 aromatic carbocycles. The van der Waals surface area contributed by atoms with E-state index in [1.807, 2.05) is 24.3 Å². The number of halogens is 1. The standard InChI is InChI=1S/C10H10FNO/c1-13-10(11)6-8-4-2-3-5-9(8)12-7-10/h2-6H,7H2,1H3. The van der Waals surface area contributed by atoms with Gasteiger partial charge >= 0.3 is 0 Å². The van der Waals surface area contributed by atoms with E-state index in [4.69, 9.17) is 4.74 Å². The molecule has 1 aliphatic rings. The topological polar surface area (TPSA) is 21.6 Å². The summed E-state index contributed by atoms with van der Waals surface area (Å²) in [6.07, 6.45) is 1.47. The van der Waals surface area contributed by atoms with Crippen molar-refractivity contribution in [3.8, 4) is 0 Å². The van der Waals surface area contributed by atoms with Crippen LogP contribution in [0.1, 0.15) is 0 Å². The zero-order valence-corrected chi connectivity index (χ0v) is 7.33. The largest absolute Gasteiger partial charge is 0.345 e. The predicted molar refractivity (Wildman–Crippen MR) is 47.4 cm³/mol. The average molecular weight is 179 g/mol. The summed E-state index contributed by atoms with van der Waals surface area (Å²) in [6, 6.07) is 7.42. The highest BCUT2D eigenvalue weighted by atomic mass is 19.2. The van der Waals surface area contributed by atoms with E-state index >= 15 is 0 Å². The molecule has 1 aliphatic heterocycles. The molecule has 68 valence electrons. The number of rotatable bonds is 1. The third kappa shape index (κ3) is 1.47. The number of nitrogens with zero attached hydrogens (tertiary/aromatic N) is 1. The van der Waals surface area contributed by atoms with Crippen LogP contribution in [0.4, 0.5) is 4.39 Å². The van der Waals surface area contributed by atoms with E-state index in [-0.39, 0.29) is 6.54 Å². The number of alkyl halides is 1. The Morgan fingerprint density at radius 3 is 3.00 bits per heavy atom. The maximum atomic E-state index is 13.6. The third-order valence-electron chi connectivity index (χ3n) is 2.11. The van der Waals surface area contributed by atoms with Gasteiger partial charge in [0.25, 0.3) is 0 Å². The van der Waals surface area contributed by atoms with Gasteiger partial charge in [-0.25, -0.2) is 4.39 Å². The normalized spacial score (nSPS) is 25.7. The van der Waals surface area contributed by atoms with E-state index in [2.05, 4.69) is 4.99 Å². The first-order chi connectivity index (χ1) is 6.23. The zero-order valence-electron chi connectivity index (χ0n) is 7.33. The van der Waals surface area contributed by atoms with E-state index in [0.717, 1.165) is 10.6 Å². The van der Waals surface area contributed by atoms with E-state index in [9.17, 15) is 4.39 Å². The van der Waals surface area contributed by atoms with Gasteiger partial charge in [-0.1, -0.05) is 18.2 Å². The van der Waals surface area contributed by atoms with E-state index in [1.165, 1.54) is 13.2 Å². The molecule has 0 aliphatic carbocycles. The fourth-order valence-corrected chi connectivity index (χ4v) is 1.35. The molecule has 0 saturated heterocycles. The molecule has 1 unspecified atom stereocenters. The van der Waals surface area contributed by atoms with Gasteiger partial charge in [-0.3, -0.25) is 4.99 Å². The summed E-state index contributed by atoms with van der Waals surface area (Å²) < 4.78 is 18.3. The average Bonchev–Trinajstić information content (AvgIpc) is 2.18. The first-order valence-corrected chi connectivity index (χ1v) is 4.10. The van der Waals surface area contributed by atoms with Crippen LogP contribution in [0, 0.1) is 0 Å². The van der Waals surface area contributed by atoms with Crippen LogP contribution in [0.15, 0.2) is 29.3 Å². The summed E-state index contributed by atoms with van der Waals surface area (Å²) >= 11 is 0. The van der Waals surface area contributed by atoms with Crippen molar-refractivity contribution in [1.82, 2.24) is 0 Å². The molecule has 0 aromatic heterocycles. The van der Waals surface area contributed by atoms with Gasteiger partial charge in [0.15, 0.2) is 0 Å². The van der Waals surface area contributed by atoms with Crippen molar-refractivity contribution in [1.29, 1.82) is 0 Å². The van der Waals surface area contributed by atoms with Crippen molar-refractivity contribution >= 4 is 6.08 Å². The molecule has 2 rings (SSSR count). The van der Waals surface area contributed by atoms with Crippen molar-refractivity contribution in [3.63, 3.8) is 0 Å². The van der Waals surface area contributed by atoms with Crippen molar-refractivity contribution in [3.05, 3.63) is 34.8 Å². The fourth-order valence-electron chi connectivity index (χ4n) is 1.35. The van der Waals surface area contributed by atoms with Crippen LogP contribution in [0.2, 0.25) is 0 Å². The molecule has 0 saturated carbocycles. The first kappa shape index (κ1) is 8.38. The Bertz CT molecular complexity index is 429. The number of fused-ring (bicyclic) bond motifs is 1. The zero-order chi connectivity index (χ0) is 9.31. The summed E-state index contributed by atoms with van der Waals surface area (Å²) in [4.78, 5) is 4.09. The summed E-state index contributed by atoms with van der Waals surface area (Å²) in [5.74, 6) is -1.73. The summed E-state index contributed by atoms with van der Waals surface area (Å²) in [5.41, 5.74) is 0. The number of hydrogen-bond acceptors (Lipinski definition) is 2. The number of benzene rings is 1. The molecule has 0 N–H and O–H groups in total. The quantitative estimate of drug-likeness (QED) is 0.612. The van der Waals surface area contributed by atoms with Crippen molar-refractivity contribution < 1.29 is 9.13 Å². The molecule has 2 nitrogen and oxygen atoms in total. The molecule has 0 radical (unpaired) electrons. The minimum atomic E-state index is -1.73. The van der Waals surface area contributed by atoms with Gasteiger partial charge < -0.3 is 4.74 Å². The van der Waals surface area contributed by atoms with Crippen molar-refractivity contribution in [2.75, 3.05) is 13.7 Å². The molecule has 1 heterocycles. The van der Waals surface area contributed by atoms with Gasteiger partial charge in [0.2, 0.25) is 5.85 Å². The van der Waals surface area contributed by atoms with E-state index < -0.39 is 5.85 Å². The first-order valence-electron chi connectivity index (χ1n) is 4.10. The van der Waals surface area contributed by atoms with Crippen molar-refractivity contribution in [2.24, 2.45) is 4.99 Å². The van der Waals surface area contributed by atoms with E-state index in [0.29, 0.717) is 0 Å². The minimum absolute atomic E-state index is 0.0422. The van der Waals surface area contributed by atoms with Crippen LogP contribution in [0.3, 0.4) is 0 Å². The van der Waals surface area contributed by atoms with Crippen LogP contribution < -0.4 is 10.6 Å². The lowest BCUT2D eigenvalue weighted by Gasteiger charge is -2.19. The highest BCUT2D eigenvalue weighted by Gasteiger charge is 2.27. The van der Waals surface area contributed by atoms with E-state index in [1.54, 1.807) is 0 Å². The van der Waals surface area contributed by atoms with Gasteiger partial charge in [0.1, 0.15) is 6.54 Å². The maximum absolute atomic E-state index is 13.6. The number of para-hydroxylation sites is 1. The summed E-state index contributed by atoms with van der Waals surface area (Å²) in [5, 5.41) is 1.62. The Hall–Kier alpha value is -1.22. The van der Waals surface area contributed by atoms with Crippen LogP contribution in [-0.2, 0) is 4.74 Å². The number of ether oxygens (including phenoxy) is 1. The van der Waals surface area contributed by atoms with Gasteiger partial charge in [0, 0.05) is 12.3 Å². The SMILES string of the molecule is COC1(F)C=c2ccccc2=NC1. The Morgan fingerprint density at radius 1 is 1.46 bits per heavy atom. The van der Waals surface area contributed by atoms with Crippen molar-refractivity contribution in [2.45, 2.75) is 5.85 Å². The van der Waals surface area contributed by atoms with Gasteiger partial charge in [-0.15, -0.1) is 0 Å². The summed E-state index contributed by atoms with van der Waals surface area (Å²) in [6.45, 7) is 0.0422. The third-order valence-corrected chi connectivity index (χ3v) is 2.11. The summed E-state index contributed by atoms with van der Waals surface area (Å²) in [7, 11) is 1.35. The van der Waals surface area contributed by atoms with Gasteiger partial charge in [-0.05, 0) is 12.1 Å². The minimum Gasteiger partial charge on any atom is -0.345 e. The Labute approximate surface area is 75.4 Å². The van der Waals surface area contributed by atoms with Gasteiger partial charge in [0.05, 0.1) is 5.36 Å². The van der Waals surface area contributed by atoms with Crippen LogP contribution >= 0.6 is 0 Å². The lowest BCUT2D eigenvalue weighted by Crippen LogP contribution is -2.39. The second-order valence-corrected chi connectivity index (χ2v) is 3.01. The fraction of sp³-hybridized carbons (Fsp3) is 0.300. The molecular weight excluding hydrogens is 169 g/mol. The molecule has 0 amide bonds. The molecule has 13 heavy (non-hydrogen) atoms. The Morgan fingerprint density at radius 2 is 2.23 bits per heavy atom. The van der Waals surface area contributed by atoms with Gasteiger partial charge in [-0.2, -0.15) is 0 Å². The number of hydrogen-bond donors (Lipinski definition) is 0. The lowest BCUT2D eigenvalue weighted by molar-refractivity contribution is -0.0577. The van der Waals surface area contributed by atoms with Crippen LogP contribution in [-0.4, -0.2) is 19.5 Å². The molecule has 0 spiro atoms. The predicted octanol–water partition coefficient (Wildman–Crippen LogP) is 0.413. The highest BCUT2D eigenvalue weighted by molar-refractivity contribution is 5.34. The molecule has 3 heteroatoms. The molecule has 0 bridgehead atoms. The monoisotopic (exact) mass is 179 g/mol. The molecule has 1 aromatic rings. The second-order valence-electron chi connectivity index (χ2n) is 3.01.